The van der Waals surface area contributed by atoms with E-state index in [9.17, 15) is 18.8 Å². The van der Waals surface area contributed by atoms with Gasteiger partial charge in [-0.25, -0.2) is 4.39 Å². The molecule has 182 valence electrons. The Labute approximate surface area is 211 Å². The number of carbonyl (C=O) groups excluding carboxylic acids is 2. The molecule has 1 aromatic heterocycles. The number of aromatic nitrogens is 1. The zero-order valence-electron chi connectivity index (χ0n) is 19.8. The van der Waals surface area contributed by atoms with Crippen LogP contribution >= 0.6 is 22.9 Å². The molecule has 0 aliphatic carbocycles. The number of halogens is 2. The number of para-hydroxylation sites is 1. The number of ketones is 1. The third-order valence-corrected chi connectivity index (χ3v) is 7.30. The second-order valence-corrected chi connectivity index (χ2v) is 11.0. The Hall–Kier alpha value is -3.03. The lowest BCUT2D eigenvalue weighted by molar-refractivity contribution is -0.120. The molecule has 0 saturated carbocycles. The van der Waals surface area contributed by atoms with E-state index in [1.165, 1.54) is 34.9 Å². The molecule has 2 aromatic carbocycles. The summed E-state index contributed by atoms with van der Waals surface area (Å²) in [7, 11) is 0. The van der Waals surface area contributed by atoms with Gasteiger partial charge >= 0.3 is 0 Å². The van der Waals surface area contributed by atoms with Crippen molar-refractivity contribution in [1.29, 1.82) is 0 Å². The van der Waals surface area contributed by atoms with Gasteiger partial charge in [-0.2, -0.15) is 0 Å². The summed E-state index contributed by atoms with van der Waals surface area (Å²) in [6.07, 6.45) is 4.48. The summed E-state index contributed by atoms with van der Waals surface area (Å²) in [4.78, 5) is 41.2. The number of hydrogen-bond donors (Lipinski definition) is 0. The first-order chi connectivity index (χ1) is 16.6. The maximum atomic E-state index is 14.4. The van der Waals surface area contributed by atoms with Crippen molar-refractivity contribution in [3.63, 3.8) is 0 Å². The first-order valence-corrected chi connectivity index (χ1v) is 12.6. The van der Waals surface area contributed by atoms with E-state index in [0.717, 1.165) is 35.4 Å². The van der Waals surface area contributed by atoms with Crippen LogP contribution in [-0.2, 0) is 22.6 Å². The summed E-state index contributed by atoms with van der Waals surface area (Å²) in [5.74, 6) is -0.988. The Bertz CT molecular complexity index is 1460. The number of Topliss-reactive ketones (excluding diaryl/α,β-unsaturated/α-hetero) is 1. The van der Waals surface area contributed by atoms with E-state index in [4.69, 9.17) is 11.6 Å². The fourth-order valence-corrected chi connectivity index (χ4v) is 5.16. The predicted octanol–water partition coefficient (Wildman–Crippen LogP) is 3.91. The number of hydrogen-bond acceptors (Lipinski definition) is 4. The van der Waals surface area contributed by atoms with E-state index >= 15 is 0 Å². The molecule has 0 unspecified atom stereocenters. The van der Waals surface area contributed by atoms with Gasteiger partial charge < -0.3 is 4.90 Å². The topological polar surface area (TPSA) is 59.4 Å². The van der Waals surface area contributed by atoms with Crippen LogP contribution in [0.4, 0.5) is 10.1 Å². The highest BCUT2D eigenvalue weighted by Gasteiger charge is 2.24. The molecule has 0 saturated heterocycles. The van der Waals surface area contributed by atoms with Crippen molar-refractivity contribution in [2.75, 3.05) is 11.4 Å². The van der Waals surface area contributed by atoms with Gasteiger partial charge in [0.1, 0.15) is 17.0 Å². The minimum Gasteiger partial charge on any atom is -0.311 e. The normalized spacial score (nSPS) is 14.8. The second kappa shape index (κ2) is 9.91. The molecule has 0 bridgehead atoms. The molecule has 0 atom stereocenters. The van der Waals surface area contributed by atoms with Crippen molar-refractivity contribution in [2.24, 2.45) is 5.41 Å². The van der Waals surface area contributed by atoms with Gasteiger partial charge in [0.15, 0.2) is 5.78 Å². The standard InChI is InChI=1S/C27H26ClFN2O3S/c1-27(2,3)23(32)15-25-31(16-24(33)30-13-7-9-17-8-4-5-12-21(17)30)26(34)22(35-25)14-18-19(28)10-6-11-20(18)29/h4-6,8,10-12,14-15H,7,9,13,16H2,1-3H3. The first kappa shape index (κ1) is 25.1. The van der Waals surface area contributed by atoms with Crippen LogP contribution in [-0.4, -0.2) is 22.8 Å². The van der Waals surface area contributed by atoms with Crippen molar-refractivity contribution in [1.82, 2.24) is 4.57 Å². The Morgan fingerprint density at radius 3 is 2.60 bits per heavy atom. The van der Waals surface area contributed by atoms with E-state index in [-0.39, 0.29) is 33.4 Å². The van der Waals surface area contributed by atoms with Crippen LogP contribution in [0.2, 0.25) is 5.02 Å². The van der Waals surface area contributed by atoms with Gasteiger partial charge in [-0.1, -0.05) is 56.6 Å². The number of anilines is 1. The average molecular weight is 513 g/mol. The van der Waals surface area contributed by atoms with Crippen LogP contribution in [0.15, 0.2) is 47.3 Å². The molecule has 1 amide bonds. The number of amides is 1. The van der Waals surface area contributed by atoms with Gasteiger partial charge in [0, 0.05) is 29.3 Å². The molecule has 1 aliphatic heterocycles. The number of aryl methyl sites for hydroxylation is 1. The number of rotatable bonds is 4. The van der Waals surface area contributed by atoms with Crippen LogP contribution in [0.3, 0.4) is 0 Å². The molecule has 2 heterocycles. The summed E-state index contributed by atoms with van der Waals surface area (Å²) in [5, 5.41) is 0.168. The highest BCUT2D eigenvalue weighted by Crippen LogP contribution is 2.27. The van der Waals surface area contributed by atoms with Crippen molar-refractivity contribution < 1.29 is 14.0 Å². The van der Waals surface area contributed by atoms with Crippen molar-refractivity contribution in [2.45, 2.75) is 40.2 Å². The molecule has 0 fully saturated rings. The summed E-state index contributed by atoms with van der Waals surface area (Å²) in [6.45, 7) is 5.67. The van der Waals surface area contributed by atoms with Crippen LogP contribution < -0.4 is 19.7 Å². The molecule has 35 heavy (non-hydrogen) atoms. The minimum atomic E-state index is -0.667. The fraction of sp³-hybridized carbons (Fsp3) is 0.296. The smallest absolute Gasteiger partial charge is 0.269 e. The molecule has 4 rings (SSSR count). The Morgan fingerprint density at radius 1 is 1.14 bits per heavy atom. The molecular weight excluding hydrogens is 487 g/mol. The lowest BCUT2D eigenvalue weighted by atomic mass is 9.91. The lowest BCUT2D eigenvalue weighted by Gasteiger charge is -2.29. The SMILES string of the molecule is CC(C)(C)C(=O)C=c1sc(=Cc2c(F)cccc2Cl)c(=O)n1CC(=O)N1CCCc2ccccc21. The highest BCUT2D eigenvalue weighted by atomic mass is 35.5. The largest absolute Gasteiger partial charge is 0.311 e. The third-order valence-electron chi connectivity index (χ3n) is 5.91. The van der Waals surface area contributed by atoms with Gasteiger partial charge in [0.05, 0.1) is 9.55 Å². The molecule has 0 radical (unpaired) electrons. The Morgan fingerprint density at radius 2 is 1.89 bits per heavy atom. The van der Waals surface area contributed by atoms with Crippen LogP contribution in [0.5, 0.6) is 0 Å². The highest BCUT2D eigenvalue weighted by molar-refractivity contribution is 7.07. The number of thiazole rings is 1. The maximum absolute atomic E-state index is 14.4. The Kier molecular flexibility index (Phi) is 7.10. The summed E-state index contributed by atoms with van der Waals surface area (Å²) < 4.78 is 16.2. The van der Waals surface area contributed by atoms with Gasteiger partial charge in [-0.15, -0.1) is 11.3 Å². The number of benzene rings is 2. The van der Waals surface area contributed by atoms with Crippen molar-refractivity contribution in [3.8, 4) is 0 Å². The molecule has 3 aromatic rings. The fourth-order valence-electron chi connectivity index (χ4n) is 3.91. The lowest BCUT2D eigenvalue weighted by Crippen LogP contribution is -2.42. The molecule has 1 aliphatic rings. The van der Waals surface area contributed by atoms with Gasteiger partial charge in [0.25, 0.3) is 5.56 Å². The van der Waals surface area contributed by atoms with Gasteiger partial charge in [0.2, 0.25) is 5.91 Å². The summed E-state index contributed by atoms with van der Waals surface area (Å²) in [5.41, 5.74) is 0.876. The average Bonchev–Trinajstić information content (AvgIpc) is 3.09. The van der Waals surface area contributed by atoms with Crippen molar-refractivity contribution in [3.05, 3.63) is 84.0 Å². The number of carbonyl (C=O) groups is 2. The van der Waals surface area contributed by atoms with Crippen LogP contribution in [0.25, 0.3) is 12.2 Å². The molecular formula is C27H26ClFN2O3S. The van der Waals surface area contributed by atoms with E-state index in [0.29, 0.717) is 11.2 Å². The molecule has 0 N–H and O–H groups in total. The molecule has 8 heteroatoms. The van der Waals surface area contributed by atoms with Crippen molar-refractivity contribution >= 4 is 52.5 Å². The van der Waals surface area contributed by atoms with E-state index in [2.05, 4.69) is 0 Å². The van der Waals surface area contributed by atoms with Gasteiger partial charge in [-0.05, 0) is 42.7 Å². The van der Waals surface area contributed by atoms with E-state index in [1.54, 1.807) is 25.7 Å². The minimum absolute atomic E-state index is 0.0876. The van der Waals surface area contributed by atoms with Crippen LogP contribution in [0.1, 0.15) is 38.3 Å². The second-order valence-electron chi connectivity index (χ2n) is 9.51. The maximum Gasteiger partial charge on any atom is 0.269 e. The molecule has 0 spiro atoms. The monoisotopic (exact) mass is 512 g/mol. The zero-order valence-corrected chi connectivity index (χ0v) is 21.4. The Balaban J connectivity index is 1.83. The van der Waals surface area contributed by atoms with E-state index in [1.807, 2.05) is 24.3 Å². The summed E-state index contributed by atoms with van der Waals surface area (Å²) in [6, 6.07) is 12.0. The first-order valence-electron chi connectivity index (χ1n) is 11.4. The third kappa shape index (κ3) is 5.31. The predicted molar refractivity (Wildman–Crippen MR) is 139 cm³/mol. The zero-order chi connectivity index (χ0) is 25.3. The number of nitrogens with zero attached hydrogens (tertiary/aromatic N) is 2. The quantitative estimate of drug-likeness (QED) is 0.532. The number of fused-ring (bicyclic) bond motifs is 1. The van der Waals surface area contributed by atoms with Gasteiger partial charge in [-0.3, -0.25) is 19.0 Å². The molecule has 5 nitrogen and oxygen atoms in total. The van der Waals surface area contributed by atoms with Crippen LogP contribution in [0, 0.1) is 11.2 Å². The summed E-state index contributed by atoms with van der Waals surface area (Å²) >= 11 is 7.20. The van der Waals surface area contributed by atoms with E-state index < -0.39 is 16.8 Å².